The first-order valence-corrected chi connectivity index (χ1v) is 16.3. The van der Waals surface area contributed by atoms with Gasteiger partial charge < -0.3 is 46.4 Å². The summed E-state index contributed by atoms with van der Waals surface area (Å²) in [7, 11) is 0. The number of β-lactam (4-membered cyclic amide) rings is 1. The number of para-hydroxylation sites is 2. The number of carboxylic acids is 1. The molecule has 2 aromatic rings. The normalized spacial score (nSPS) is 16.6. The summed E-state index contributed by atoms with van der Waals surface area (Å²) < 4.78 is 0. The third kappa shape index (κ3) is 8.74. The molecule has 0 saturated carbocycles. The van der Waals surface area contributed by atoms with Crippen LogP contribution in [0.25, 0.3) is 0 Å². The number of carbonyl (C=O) groups is 6. The number of hydrogen-bond acceptors (Lipinski definition) is 10. The zero-order valence-electron chi connectivity index (χ0n) is 26.9. The van der Waals surface area contributed by atoms with E-state index in [1.807, 2.05) is 0 Å². The lowest BCUT2D eigenvalue weighted by Gasteiger charge is -2.49. The number of rotatable bonds is 16. The lowest BCUT2D eigenvalue weighted by atomic mass is 9.86. The molecule has 2 aliphatic rings. The summed E-state index contributed by atoms with van der Waals surface area (Å²) in [6, 6.07) is 6.50. The first-order chi connectivity index (χ1) is 23.8. The molecule has 0 spiro atoms. The number of phenols is 4. The topological polar surface area (TPSA) is 246 Å². The molecule has 1 saturated heterocycles. The molecule has 2 aromatic carbocycles. The van der Waals surface area contributed by atoms with Gasteiger partial charge in [0.1, 0.15) is 11.7 Å². The highest BCUT2D eigenvalue weighted by atomic mass is 35.5. The van der Waals surface area contributed by atoms with Gasteiger partial charge in [-0.25, -0.2) is 4.79 Å². The Morgan fingerprint density at radius 3 is 1.96 bits per heavy atom. The van der Waals surface area contributed by atoms with E-state index in [0.717, 1.165) is 4.90 Å². The van der Waals surface area contributed by atoms with Crippen LogP contribution in [0.4, 0.5) is 0 Å². The van der Waals surface area contributed by atoms with Crippen LogP contribution in [0.2, 0.25) is 0 Å². The molecule has 2 atom stereocenters. The molecule has 0 radical (unpaired) electrons. The second-order valence-electron chi connectivity index (χ2n) is 11.7. The van der Waals surface area contributed by atoms with Gasteiger partial charge in [-0.2, -0.15) is 0 Å². The summed E-state index contributed by atoms with van der Waals surface area (Å²) in [6.45, 7) is 0.719. The molecule has 2 aliphatic heterocycles. The number of phenolic OH excluding ortho intramolecular Hbond substituents is 4. The largest absolute Gasteiger partial charge is 0.504 e. The first-order valence-electron chi connectivity index (χ1n) is 15.9. The van der Waals surface area contributed by atoms with Crippen molar-refractivity contribution < 1.29 is 54.3 Å². The van der Waals surface area contributed by atoms with Crippen molar-refractivity contribution in [3.05, 3.63) is 58.3 Å². The molecular formula is C33H38ClN5O11. The molecule has 0 aromatic heterocycles. The lowest BCUT2D eigenvalue weighted by Crippen LogP contribution is -2.71. The summed E-state index contributed by atoms with van der Waals surface area (Å²) >= 11 is 6.01. The van der Waals surface area contributed by atoms with Gasteiger partial charge in [-0.15, -0.1) is 0 Å². The molecule has 4 rings (SSSR count). The summed E-state index contributed by atoms with van der Waals surface area (Å²) in [5, 5.41) is 56.5. The Labute approximate surface area is 291 Å². The van der Waals surface area contributed by atoms with Crippen molar-refractivity contribution in [1.29, 1.82) is 0 Å². The predicted molar refractivity (Wildman–Crippen MR) is 176 cm³/mol. The second-order valence-corrected chi connectivity index (χ2v) is 12.2. The van der Waals surface area contributed by atoms with Crippen molar-refractivity contribution in [2.24, 2.45) is 0 Å². The van der Waals surface area contributed by atoms with Crippen LogP contribution in [0.5, 0.6) is 23.0 Å². The van der Waals surface area contributed by atoms with Crippen LogP contribution in [0.15, 0.2) is 47.1 Å². The van der Waals surface area contributed by atoms with Gasteiger partial charge >= 0.3 is 5.97 Å². The van der Waals surface area contributed by atoms with Crippen LogP contribution in [0, 0.1) is 0 Å². The van der Waals surface area contributed by atoms with Crippen LogP contribution >= 0.6 is 11.6 Å². The predicted octanol–water partition coefficient (Wildman–Crippen LogP) is 1.47. The fourth-order valence-corrected chi connectivity index (χ4v) is 6.00. The number of aliphatic carboxylic acids is 1. The van der Waals surface area contributed by atoms with Crippen molar-refractivity contribution in [2.75, 3.05) is 26.2 Å². The van der Waals surface area contributed by atoms with Crippen molar-refractivity contribution in [2.45, 2.75) is 57.0 Å². The Balaban J connectivity index is 1.28. The number of halogens is 1. The van der Waals surface area contributed by atoms with E-state index in [2.05, 4.69) is 16.0 Å². The van der Waals surface area contributed by atoms with Gasteiger partial charge in [-0.05, 0) is 56.4 Å². The summed E-state index contributed by atoms with van der Waals surface area (Å²) in [5.74, 6) is -6.08. The van der Waals surface area contributed by atoms with E-state index in [1.54, 1.807) is 0 Å². The van der Waals surface area contributed by atoms with Crippen LogP contribution in [0.3, 0.4) is 0 Å². The van der Waals surface area contributed by atoms with Gasteiger partial charge in [-0.3, -0.25) is 28.9 Å². The monoisotopic (exact) mass is 715 g/mol. The van der Waals surface area contributed by atoms with Gasteiger partial charge in [0.05, 0.1) is 17.2 Å². The number of allylic oxidation sites excluding steroid dienone is 1. The number of hydrogen-bond donors (Lipinski definition) is 8. The molecule has 2 unspecified atom stereocenters. The number of carbonyl (C=O) groups excluding carboxylic acids is 5. The third-order valence-electron chi connectivity index (χ3n) is 8.36. The minimum atomic E-state index is -1.33. The summed E-state index contributed by atoms with van der Waals surface area (Å²) in [5.41, 5.74) is -0.510. The highest BCUT2D eigenvalue weighted by Gasteiger charge is 2.53. The van der Waals surface area contributed by atoms with E-state index in [0.29, 0.717) is 25.7 Å². The maximum Gasteiger partial charge on any atom is 0.353 e. The van der Waals surface area contributed by atoms with Gasteiger partial charge in [0.2, 0.25) is 11.8 Å². The molecule has 0 bridgehead atoms. The minimum absolute atomic E-state index is 0.0628. The Hall–Kier alpha value is -5.51. The van der Waals surface area contributed by atoms with Crippen LogP contribution in [0.1, 0.15) is 65.7 Å². The average molecular weight is 716 g/mol. The van der Waals surface area contributed by atoms with Crippen molar-refractivity contribution in [3.63, 3.8) is 0 Å². The molecule has 2 heterocycles. The zero-order chi connectivity index (χ0) is 36.5. The number of nitrogens with zero attached hydrogens (tertiary/aromatic N) is 2. The van der Waals surface area contributed by atoms with Crippen LogP contribution < -0.4 is 16.0 Å². The Bertz CT molecular complexity index is 1700. The number of unbranched alkanes of at least 4 members (excludes halogenated alkanes) is 1. The Kier molecular flexibility index (Phi) is 12.5. The molecule has 8 N–H and O–H groups in total. The van der Waals surface area contributed by atoms with E-state index < -0.39 is 64.7 Å². The number of aromatic hydroxyl groups is 4. The zero-order valence-corrected chi connectivity index (χ0v) is 27.6. The van der Waals surface area contributed by atoms with E-state index in [9.17, 15) is 54.3 Å². The van der Waals surface area contributed by atoms with Crippen LogP contribution in [-0.4, -0.2) is 109 Å². The van der Waals surface area contributed by atoms with Crippen molar-refractivity contribution in [3.8, 4) is 23.0 Å². The van der Waals surface area contributed by atoms with Gasteiger partial charge in [0, 0.05) is 44.1 Å². The highest BCUT2D eigenvalue weighted by Crippen LogP contribution is 2.38. The maximum atomic E-state index is 13.2. The molecule has 268 valence electrons. The molecule has 17 heteroatoms. The van der Waals surface area contributed by atoms with Gasteiger partial charge in [0.25, 0.3) is 17.7 Å². The van der Waals surface area contributed by atoms with Crippen molar-refractivity contribution >= 4 is 47.1 Å². The molecular weight excluding hydrogens is 678 g/mol. The van der Waals surface area contributed by atoms with Gasteiger partial charge in [-0.1, -0.05) is 23.7 Å². The quantitative estimate of drug-likeness (QED) is 0.0702. The second kappa shape index (κ2) is 16.7. The molecule has 5 amide bonds. The lowest BCUT2D eigenvalue weighted by molar-refractivity contribution is -0.155. The van der Waals surface area contributed by atoms with Crippen LogP contribution in [-0.2, 0) is 19.2 Å². The summed E-state index contributed by atoms with van der Waals surface area (Å²) in [4.78, 5) is 77.7. The fraction of sp³-hybridized carbons (Fsp3) is 0.394. The molecule has 50 heavy (non-hydrogen) atoms. The number of amides is 5. The van der Waals surface area contributed by atoms with E-state index in [-0.39, 0.29) is 73.2 Å². The average Bonchev–Trinajstić information content (AvgIpc) is 3.08. The van der Waals surface area contributed by atoms with Crippen molar-refractivity contribution in [1.82, 2.24) is 25.8 Å². The maximum absolute atomic E-state index is 13.2. The summed E-state index contributed by atoms with van der Waals surface area (Å²) in [6.07, 6.45) is 1.33. The molecule has 1 fully saturated rings. The third-order valence-corrected chi connectivity index (χ3v) is 8.73. The molecule has 16 nitrogen and oxygen atoms in total. The van der Waals surface area contributed by atoms with E-state index in [1.165, 1.54) is 41.3 Å². The fourth-order valence-electron chi connectivity index (χ4n) is 5.72. The number of fused-ring (bicyclic) bond motifs is 1. The number of nitrogens with one attached hydrogen (secondary N) is 3. The Morgan fingerprint density at radius 1 is 0.820 bits per heavy atom. The Morgan fingerprint density at radius 2 is 1.38 bits per heavy atom. The SMILES string of the molecule is O=C(CCC(=O)N(CCCCNC(=O)c1cccc(O)c1O)CCCNC(=O)c1cccc(O)c1O)NC1C(=O)N2C(C(=O)O)=C(Cl)CCC12. The number of carboxylic acid groups (broad SMARTS) is 1. The standard InChI is InChI=1S/C33H38ClN5O11/c34-20-10-11-21-26(32(48)39(21)27(20)33(49)50)37-24(42)12-13-25(43)38(17-5-15-36-31(47)19-7-4-9-23(41)29(19)45)16-2-1-14-35-30(46)18-6-3-8-22(40)28(18)44/h3-4,6-9,21,26,40-41,44-45H,1-2,5,10-17H2,(H,35,46)(H,36,47)(H,37,42)(H,49,50). The smallest absolute Gasteiger partial charge is 0.353 e. The number of benzene rings is 2. The van der Waals surface area contributed by atoms with E-state index in [4.69, 9.17) is 11.6 Å². The van der Waals surface area contributed by atoms with E-state index >= 15 is 0 Å². The first kappa shape index (κ1) is 37.3. The minimum Gasteiger partial charge on any atom is -0.504 e. The van der Waals surface area contributed by atoms with Gasteiger partial charge in [0.15, 0.2) is 23.0 Å². The highest BCUT2D eigenvalue weighted by molar-refractivity contribution is 6.32. The molecule has 0 aliphatic carbocycles.